The van der Waals surface area contributed by atoms with Crippen molar-refractivity contribution >= 4 is 23.3 Å². The number of benzene rings is 1. The number of hydrogen-bond donors (Lipinski definition) is 2. The maximum atomic E-state index is 10.7. The van der Waals surface area contributed by atoms with Gasteiger partial charge in [-0.2, -0.15) is 0 Å². The topological polar surface area (TPSA) is 71.5 Å². The van der Waals surface area contributed by atoms with Crippen molar-refractivity contribution < 1.29 is 14.6 Å². The first-order valence-electron chi connectivity index (χ1n) is 5.86. The van der Waals surface area contributed by atoms with Crippen molar-refractivity contribution in [1.29, 1.82) is 0 Å². The summed E-state index contributed by atoms with van der Waals surface area (Å²) in [5.74, 6) is -0.293. The van der Waals surface area contributed by atoms with Gasteiger partial charge in [0.15, 0.2) is 0 Å². The van der Waals surface area contributed by atoms with Crippen LogP contribution in [0, 0.1) is 0 Å². The second-order valence-corrected chi connectivity index (χ2v) is 4.45. The van der Waals surface area contributed by atoms with Gasteiger partial charge in [-0.1, -0.05) is 11.6 Å². The molecule has 0 fully saturated rings. The summed E-state index contributed by atoms with van der Waals surface area (Å²) in [5, 5.41) is 12.5. The molecule has 0 unspecified atom stereocenters. The van der Waals surface area contributed by atoms with Crippen LogP contribution in [0.1, 0.15) is 16.1 Å². The second-order valence-electron chi connectivity index (χ2n) is 4.04. The Balaban J connectivity index is 2.06. The molecule has 2 aromatic rings. The molecule has 0 saturated carbocycles. The zero-order valence-corrected chi connectivity index (χ0v) is 11.5. The third kappa shape index (κ3) is 3.39. The molecule has 0 atom stereocenters. The number of hydrogen-bond acceptors (Lipinski definition) is 4. The number of nitrogens with one attached hydrogen (secondary N) is 1. The molecule has 1 heterocycles. The lowest BCUT2D eigenvalue weighted by Crippen LogP contribution is -2.04. The summed E-state index contributed by atoms with van der Waals surface area (Å²) >= 11 is 6.07. The van der Waals surface area contributed by atoms with Gasteiger partial charge in [0.05, 0.1) is 35.6 Å². The number of anilines is 1. The molecular weight excluding hydrogens is 280 g/mol. The Hall–Kier alpha value is -2.27. The molecule has 1 aromatic carbocycles. The van der Waals surface area contributed by atoms with Gasteiger partial charge >= 0.3 is 5.97 Å². The average molecular weight is 293 g/mol. The highest BCUT2D eigenvalue weighted by Gasteiger charge is 2.05. The van der Waals surface area contributed by atoms with Gasteiger partial charge in [0.25, 0.3) is 0 Å². The molecule has 1 aromatic heterocycles. The number of carboxylic acids is 1. The van der Waals surface area contributed by atoms with E-state index in [4.69, 9.17) is 21.4 Å². The molecule has 20 heavy (non-hydrogen) atoms. The van der Waals surface area contributed by atoms with Crippen LogP contribution in [0.5, 0.6) is 5.75 Å². The van der Waals surface area contributed by atoms with Gasteiger partial charge in [-0.15, -0.1) is 0 Å². The number of aromatic carboxylic acids is 1. The van der Waals surface area contributed by atoms with Crippen molar-refractivity contribution in [3.8, 4) is 5.75 Å². The first-order chi connectivity index (χ1) is 9.60. The average Bonchev–Trinajstić information content (AvgIpc) is 2.47. The predicted molar refractivity (Wildman–Crippen MR) is 76.5 cm³/mol. The summed E-state index contributed by atoms with van der Waals surface area (Å²) in [6.07, 6.45) is 1.33. The van der Waals surface area contributed by atoms with Gasteiger partial charge in [-0.05, 0) is 24.3 Å². The van der Waals surface area contributed by atoms with Crippen LogP contribution >= 0.6 is 11.6 Å². The fraction of sp³-hybridized carbons (Fsp3) is 0.143. The van der Waals surface area contributed by atoms with E-state index < -0.39 is 5.97 Å². The number of carboxylic acid groups (broad SMARTS) is 1. The summed E-state index contributed by atoms with van der Waals surface area (Å²) in [6, 6.07) is 8.47. The first kappa shape index (κ1) is 14.1. The minimum absolute atomic E-state index is 0.160. The minimum atomic E-state index is -0.993. The highest BCUT2D eigenvalue weighted by atomic mass is 35.5. The zero-order valence-electron chi connectivity index (χ0n) is 10.8. The Labute approximate surface area is 121 Å². The fourth-order valence-corrected chi connectivity index (χ4v) is 1.79. The van der Waals surface area contributed by atoms with Gasteiger partial charge in [0, 0.05) is 12.3 Å². The Morgan fingerprint density at radius 3 is 2.80 bits per heavy atom. The number of halogens is 1. The Bertz CT molecular complexity index is 614. The summed E-state index contributed by atoms with van der Waals surface area (Å²) in [7, 11) is 1.58. The normalized spacial score (nSPS) is 10.1. The summed E-state index contributed by atoms with van der Waals surface area (Å²) in [4.78, 5) is 14.8. The lowest BCUT2D eigenvalue weighted by Gasteiger charge is -2.09. The summed E-state index contributed by atoms with van der Waals surface area (Å²) < 4.78 is 5.12. The van der Waals surface area contributed by atoms with Crippen molar-refractivity contribution in [1.82, 2.24) is 4.98 Å². The van der Waals surface area contributed by atoms with Crippen LogP contribution in [-0.4, -0.2) is 23.2 Å². The van der Waals surface area contributed by atoms with Crippen molar-refractivity contribution in [3.63, 3.8) is 0 Å². The van der Waals surface area contributed by atoms with E-state index in [1.165, 1.54) is 12.3 Å². The second kappa shape index (κ2) is 6.25. The van der Waals surface area contributed by atoms with Gasteiger partial charge in [0.2, 0.25) is 0 Å². The summed E-state index contributed by atoms with van der Waals surface area (Å²) in [5.41, 5.74) is 1.61. The molecule has 104 valence electrons. The van der Waals surface area contributed by atoms with Crippen molar-refractivity contribution in [3.05, 3.63) is 52.8 Å². The molecule has 0 bridgehead atoms. The van der Waals surface area contributed by atoms with Gasteiger partial charge in [0.1, 0.15) is 5.75 Å². The number of methoxy groups -OCH3 is 1. The van der Waals surface area contributed by atoms with E-state index in [1.54, 1.807) is 31.4 Å². The third-order valence-corrected chi connectivity index (χ3v) is 3.03. The molecule has 2 N–H and O–H groups in total. The van der Waals surface area contributed by atoms with Crippen LogP contribution in [0.25, 0.3) is 0 Å². The van der Waals surface area contributed by atoms with Crippen LogP contribution < -0.4 is 10.1 Å². The highest BCUT2D eigenvalue weighted by molar-refractivity contribution is 6.33. The maximum Gasteiger partial charge on any atom is 0.337 e. The van der Waals surface area contributed by atoms with Gasteiger partial charge < -0.3 is 15.2 Å². The minimum Gasteiger partial charge on any atom is -0.497 e. The van der Waals surface area contributed by atoms with Gasteiger partial charge in [-0.3, -0.25) is 4.98 Å². The third-order valence-electron chi connectivity index (χ3n) is 2.71. The SMILES string of the molecule is COc1ccc(Cl)c(NCc2ccc(C(=O)O)cn2)c1. The number of carbonyl (C=O) groups is 1. The van der Waals surface area contributed by atoms with E-state index in [1.807, 2.05) is 0 Å². The standard InChI is InChI=1S/C14H13ClN2O3/c1-20-11-4-5-12(15)13(6-11)17-8-10-3-2-9(7-16-10)14(18)19/h2-7,17H,8H2,1H3,(H,18,19). The van der Waals surface area contributed by atoms with Crippen molar-refractivity contribution in [2.45, 2.75) is 6.54 Å². The maximum absolute atomic E-state index is 10.7. The predicted octanol–water partition coefficient (Wildman–Crippen LogP) is 3.05. The molecule has 0 amide bonds. The van der Waals surface area contributed by atoms with Crippen molar-refractivity contribution in [2.24, 2.45) is 0 Å². The lowest BCUT2D eigenvalue weighted by atomic mass is 10.2. The molecule has 0 aliphatic rings. The number of ether oxygens (including phenoxy) is 1. The molecule has 0 spiro atoms. The lowest BCUT2D eigenvalue weighted by molar-refractivity contribution is 0.0696. The number of rotatable bonds is 5. The first-order valence-corrected chi connectivity index (χ1v) is 6.23. The Morgan fingerprint density at radius 2 is 2.20 bits per heavy atom. The fourth-order valence-electron chi connectivity index (χ4n) is 1.61. The van der Waals surface area contributed by atoms with E-state index in [-0.39, 0.29) is 5.56 Å². The van der Waals surface area contributed by atoms with Crippen LogP contribution in [0.15, 0.2) is 36.5 Å². The molecule has 0 aliphatic carbocycles. The monoisotopic (exact) mass is 292 g/mol. The van der Waals surface area contributed by atoms with Crippen LogP contribution in [0.4, 0.5) is 5.69 Å². The zero-order chi connectivity index (χ0) is 14.5. The molecular formula is C14H13ClN2O3. The number of nitrogens with zero attached hydrogens (tertiary/aromatic N) is 1. The smallest absolute Gasteiger partial charge is 0.337 e. The van der Waals surface area contributed by atoms with Crippen LogP contribution in [0.2, 0.25) is 5.02 Å². The quantitative estimate of drug-likeness (QED) is 0.886. The van der Waals surface area contributed by atoms with E-state index in [0.717, 1.165) is 5.69 Å². The Morgan fingerprint density at radius 1 is 1.40 bits per heavy atom. The van der Waals surface area contributed by atoms with Crippen LogP contribution in [-0.2, 0) is 6.54 Å². The largest absolute Gasteiger partial charge is 0.497 e. The summed E-state index contributed by atoms with van der Waals surface area (Å²) in [6.45, 7) is 0.437. The Kier molecular flexibility index (Phi) is 4.42. The molecule has 2 rings (SSSR count). The molecule has 0 saturated heterocycles. The van der Waals surface area contributed by atoms with Crippen LogP contribution in [0.3, 0.4) is 0 Å². The number of pyridine rings is 1. The van der Waals surface area contributed by atoms with E-state index >= 15 is 0 Å². The van der Waals surface area contributed by atoms with E-state index in [2.05, 4.69) is 10.3 Å². The van der Waals surface area contributed by atoms with E-state index in [9.17, 15) is 4.79 Å². The molecule has 5 nitrogen and oxygen atoms in total. The number of aromatic nitrogens is 1. The van der Waals surface area contributed by atoms with E-state index in [0.29, 0.717) is 23.0 Å². The molecule has 6 heteroatoms. The van der Waals surface area contributed by atoms with Crippen molar-refractivity contribution in [2.75, 3.05) is 12.4 Å². The molecule has 0 aliphatic heterocycles. The molecule has 0 radical (unpaired) electrons. The van der Waals surface area contributed by atoms with Gasteiger partial charge in [-0.25, -0.2) is 4.79 Å². The highest BCUT2D eigenvalue weighted by Crippen LogP contribution is 2.26.